The topological polar surface area (TPSA) is 44.5 Å². The van der Waals surface area contributed by atoms with Crippen molar-refractivity contribution in [2.75, 3.05) is 26.4 Å². The third kappa shape index (κ3) is 3.69. The van der Waals surface area contributed by atoms with Gasteiger partial charge in [0.1, 0.15) is 0 Å². The third-order valence-electron chi connectivity index (χ3n) is 4.93. The maximum atomic E-state index is 6.27. The number of hydrogen-bond donors (Lipinski definition) is 1. The van der Waals surface area contributed by atoms with E-state index in [4.69, 9.17) is 15.2 Å². The Bertz CT molecular complexity index is 231. The van der Waals surface area contributed by atoms with E-state index in [1.54, 1.807) is 0 Å². The second-order valence-electron chi connectivity index (χ2n) is 6.11. The fourth-order valence-corrected chi connectivity index (χ4v) is 3.23. The molecule has 0 amide bonds. The van der Waals surface area contributed by atoms with Crippen molar-refractivity contribution in [3.8, 4) is 0 Å². The normalized spacial score (nSPS) is 34.7. The van der Waals surface area contributed by atoms with Crippen molar-refractivity contribution < 1.29 is 9.47 Å². The van der Waals surface area contributed by atoms with Crippen molar-refractivity contribution in [2.45, 2.75) is 57.5 Å². The Balaban J connectivity index is 1.77. The van der Waals surface area contributed by atoms with E-state index >= 15 is 0 Å². The van der Waals surface area contributed by atoms with Crippen LogP contribution in [0, 0.1) is 11.8 Å². The van der Waals surface area contributed by atoms with Gasteiger partial charge in [-0.2, -0.15) is 0 Å². The highest BCUT2D eigenvalue weighted by atomic mass is 16.5. The molecule has 3 nitrogen and oxygen atoms in total. The summed E-state index contributed by atoms with van der Waals surface area (Å²) < 4.78 is 11.7. The summed E-state index contributed by atoms with van der Waals surface area (Å²) in [7, 11) is 0. The summed E-state index contributed by atoms with van der Waals surface area (Å²) in [4.78, 5) is 0. The molecule has 2 rings (SSSR count). The van der Waals surface area contributed by atoms with Gasteiger partial charge in [0.15, 0.2) is 0 Å². The van der Waals surface area contributed by atoms with Crippen molar-refractivity contribution in [3.63, 3.8) is 0 Å². The van der Waals surface area contributed by atoms with Crippen LogP contribution in [0.4, 0.5) is 0 Å². The summed E-state index contributed by atoms with van der Waals surface area (Å²) in [5.74, 6) is 1.59. The zero-order valence-corrected chi connectivity index (χ0v) is 11.8. The molecule has 0 aromatic heterocycles. The van der Waals surface area contributed by atoms with Gasteiger partial charge in [0.2, 0.25) is 0 Å². The van der Waals surface area contributed by atoms with Crippen LogP contribution in [0.15, 0.2) is 0 Å². The zero-order chi connectivity index (χ0) is 12.8. The van der Waals surface area contributed by atoms with Crippen molar-refractivity contribution >= 4 is 0 Å². The molecule has 0 radical (unpaired) electrons. The van der Waals surface area contributed by atoms with Gasteiger partial charge in [-0.05, 0) is 50.4 Å². The van der Waals surface area contributed by atoms with Gasteiger partial charge in [0.25, 0.3) is 0 Å². The molecule has 2 fully saturated rings. The fraction of sp³-hybridized carbons (Fsp3) is 1.00. The highest BCUT2D eigenvalue weighted by Gasteiger charge is 2.35. The average Bonchev–Trinajstić information content (AvgIpc) is 2.47. The van der Waals surface area contributed by atoms with Gasteiger partial charge < -0.3 is 15.2 Å². The summed E-state index contributed by atoms with van der Waals surface area (Å²) in [6, 6.07) is 0. The van der Waals surface area contributed by atoms with Crippen molar-refractivity contribution in [2.24, 2.45) is 17.6 Å². The Morgan fingerprint density at radius 2 is 1.78 bits per heavy atom. The Morgan fingerprint density at radius 3 is 2.33 bits per heavy atom. The van der Waals surface area contributed by atoms with Crippen LogP contribution in [-0.4, -0.2) is 32.0 Å². The van der Waals surface area contributed by atoms with E-state index in [0.29, 0.717) is 12.5 Å². The van der Waals surface area contributed by atoms with Crippen LogP contribution in [0.5, 0.6) is 0 Å². The predicted molar refractivity (Wildman–Crippen MR) is 73.5 cm³/mol. The number of ether oxygens (including phenoxy) is 2. The second kappa shape index (κ2) is 6.88. The first-order valence-electron chi connectivity index (χ1n) is 7.70. The number of nitrogens with two attached hydrogens (primary N) is 1. The largest absolute Gasteiger partial charge is 0.381 e. The van der Waals surface area contributed by atoms with E-state index in [0.717, 1.165) is 51.4 Å². The maximum absolute atomic E-state index is 6.27. The molecular weight excluding hydrogens is 226 g/mol. The fourth-order valence-electron chi connectivity index (χ4n) is 3.23. The van der Waals surface area contributed by atoms with E-state index < -0.39 is 0 Å². The van der Waals surface area contributed by atoms with Crippen LogP contribution in [-0.2, 0) is 9.47 Å². The molecule has 0 spiro atoms. The van der Waals surface area contributed by atoms with Gasteiger partial charge in [0.05, 0.1) is 12.2 Å². The molecule has 1 heterocycles. The van der Waals surface area contributed by atoms with Crippen molar-refractivity contribution in [1.29, 1.82) is 0 Å². The van der Waals surface area contributed by atoms with E-state index in [1.807, 2.05) is 0 Å². The smallest absolute Gasteiger partial charge is 0.0804 e. The minimum atomic E-state index is -0.00995. The van der Waals surface area contributed by atoms with E-state index in [2.05, 4.69) is 6.92 Å². The van der Waals surface area contributed by atoms with E-state index in [9.17, 15) is 0 Å². The Labute approximate surface area is 111 Å². The zero-order valence-electron chi connectivity index (χ0n) is 11.8. The second-order valence-corrected chi connectivity index (χ2v) is 6.11. The molecule has 0 aromatic carbocycles. The lowest BCUT2D eigenvalue weighted by molar-refractivity contribution is -0.0950. The Hall–Kier alpha value is -0.120. The van der Waals surface area contributed by atoms with Gasteiger partial charge >= 0.3 is 0 Å². The van der Waals surface area contributed by atoms with Gasteiger partial charge in [-0.15, -0.1) is 0 Å². The minimum absolute atomic E-state index is 0.00995. The number of rotatable bonds is 5. The van der Waals surface area contributed by atoms with E-state index in [1.165, 1.54) is 19.3 Å². The molecular formula is C15H29NO2. The SMILES string of the molecule is CCC1CCC(CN)(OCC2CCOCC2)CC1. The van der Waals surface area contributed by atoms with Crippen LogP contribution in [0.3, 0.4) is 0 Å². The summed E-state index contributed by atoms with van der Waals surface area (Å²) in [6.45, 7) is 5.68. The van der Waals surface area contributed by atoms with Crippen LogP contribution >= 0.6 is 0 Å². The molecule has 1 aliphatic carbocycles. The lowest BCUT2D eigenvalue weighted by atomic mass is 9.77. The predicted octanol–water partition coefficient (Wildman–Crippen LogP) is 2.73. The van der Waals surface area contributed by atoms with Crippen LogP contribution in [0.1, 0.15) is 51.9 Å². The first kappa shape index (κ1) is 14.3. The molecule has 2 N–H and O–H groups in total. The van der Waals surface area contributed by atoms with Crippen LogP contribution in [0.25, 0.3) is 0 Å². The van der Waals surface area contributed by atoms with Gasteiger partial charge in [-0.3, -0.25) is 0 Å². The minimum Gasteiger partial charge on any atom is -0.381 e. The summed E-state index contributed by atoms with van der Waals surface area (Å²) in [6.07, 6.45) is 8.51. The van der Waals surface area contributed by atoms with Crippen molar-refractivity contribution in [1.82, 2.24) is 0 Å². The lowest BCUT2D eigenvalue weighted by Gasteiger charge is -2.40. The molecule has 3 heteroatoms. The van der Waals surface area contributed by atoms with Gasteiger partial charge in [-0.1, -0.05) is 13.3 Å². The van der Waals surface area contributed by atoms with Gasteiger partial charge in [0, 0.05) is 19.8 Å². The third-order valence-corrected chi connectivity index (χ3v) is 4.93. The molecule has 0 unspecified atom stereocenters. The first-order valence-corrected chi connectivity index (χ1v) is 7.70. The highest BCUT2D eigenvalue weighted by Crippen LogP contribution is 2.36. The molecule has 106 valence electrons. The summed E-state index contributed by atoms with van der Waals surface area (Å²) in [5, 5.41) is 0. The standard InChI is InChI=1S/C15H29NO2/c1-2-13-3-7-15(12-16,8-4-13)18-11-14-5-9-17-10-6-14/h13-14H,2-12,16H2,1H3. The molecule has 2 aliphatic rings. The maximum Gasteiger partial charge on any atom is 0.0804 e. The molecule has 0 aromatic rings. The van der Waals surface area contributed by atoms with Crippen LogP contribution < -0.4 is 5.73 Å². The monoisotopic (exact) mass is 255 g/mol. The summed E-state index contributed by atoms with van der Waals surface area (Å²) in [5.41, 5.74) is 5.98. The molecule has 1 saturated heterocycles. The molecule has 0 atom stereocenters. The molecule has 0 bridgehead atoms. The summed E-state index contributed by atoms with van der Waals surface area (Å²) >= 11 is 0. The number of hydrogen-bond acceptors (Lipinski definition) is 3. The van der Waals surface area contributed by atoms with Gasteiger partial charge in [-0.25, -0.2) is 0 Å². The highest BCUT2D eigenvalue weighted by molar-refractivity contribution is 4.88. The molecule has 1 aliphatic heterocycles. The lowest BCUT2D eigenvalue weighted by Crippen LogP contribution is -2.45. The Kier molecular flexibility index (Phi) is 5.46. The molecule has 18 heavy (non-hydrogen) atoms. The average molecular weight is 255 g/mol. The van der Waals surface area contributed by atoms with E-state index in [-0.39, 0.29) is 5.60 Å². The first-order chi connectivity index (χ1) is 8.78. The molecule has 1 saturated carbocycles. The quantitative estimate of drug-likeness (QED) is 0.821. The van der Waals surface area contributed by atoms with Crippen molar-refractivity contribution in [3.05, 3.63) is 0 Å². The Morgan fingerprint density at radius 1 is 1.11 bits per heavy atom. The van der Waals surface area contributed by atoms with Crippen LogP contribution in [0.2, 0.25) is 0 Å².